The van der Waals surface area contributed by atoms with E-state index in [4.69, 9.17) is 11.6 Å². The maximum absolute atomic E-state index is 12.6. The van der Waals surface area contributed by atoms with E-state index in [1.807, 2.05) is 13.0 Å². The topological polar surface area (TPSA) is 116 Å². The number of anilines is 1. The van der Waals surface area contributed by atoms with Crippen molar-refractivity contribution in [3.63, 3.8) is 0 Å². The van der Waals surface area contributed by atoms with Crippen molar-refractivity contribution in [1.29, 1.82) is 0 Å². The van der Waals surface area contributed by atoms with Crippen molar-refractivity contribution < 1.29 is 14.7 Å². The third-order valence-corrected chi connectivity index (χ3v) is 5.41. The summed E-state index contributed by atoms with van der Waals surface area (Å²) in [5.41, 5.74) is 2.10. The molecule has 0 radical (unpaired) electrons. The zero-order valence-electron chi connectivity index (χ0n) is 17.7. The van der Waals surface area contributed by atoms with Crippen LogP contribution in [0, 0.1) is 0 Å². The molecule has 0 aliphatic carbocycles. The number of carbonyl (C=O) groups excluding carboxylic acids is 1. The predicted molar refractivity (Wildman–Crippen MR) is 128 cm³/mol. The number of fused-ring (bicyclic) bond motifs is 1. The number of carboxylic acid groups (broad SMARTS) is 1. The van der Waals surface area contributed by atoms with Gasteiger partial charge in [-0.05, 0) is 55.0 Å². The van der Waals surface area contributed by atoms with E-state index < -0.39 is 11.5 Å². The molecule has 0 bridgehead atoms. The van der Waals surface area contributed by atoms with Crippen LogP contribution < -0.4 is 16.2 Å². The lowest BCUT2D eigenvalue weighted by Gasteiger charge is -2.12. The number of aromatic carboxylic acids is 1. The summed E-state index contributed by atoms with van der Waals surface area (Å²) >= 11 is 6.23. The lowest BCUT2D eigenvalue weighted by molar-refractivity contribution is 0.0687. The fourth-order valence-corrected chi connectivity index (χ4v) is 4.04. The van der Waals surface area contributed by atoms with Gasteiger partial charge in [0.25, 0.3) is 5.56 Å². The van der Waals surface area contributed by atoms with Crippen LogP contribution in [-0.2, 0) is 6.54 Å². The van der Waals surface area contributed by atoms with E-state index in [-0.39, 0.29) is 23.8 Å². The predicted octanol–water partition coefficient (Wildman–Crippen LogP) is 4.54. The van der Waals surface area contributed by atoms with E-state index in [1.165, 1.54) is 6.20 Å². The smallest absolute Gasteiger partial charge is 0.353 e. The first-order valence-corrected chi connectivity index (χ1v) is 10.6. The molecule has 2 aromatic heterocycles. The molecule has 0 aliphatic rings. The summed E-state index contributed by atoms with van der Waals surface area (Å²) in [4.78, 5) is 39.5. The minimum absolute atomic E-state index is 0.0222. The number of amides is 2. The van der Waals surface area contributed by atoms with Crippen LogP contribution in [0.1, 0.15) is 23.0 Å². The highest BCUT2D eigenvalue weighted by Crippen LogP contribution is 2.36. The Morgan fingerprint density at radius 2 is 1.94 bits per heavy atom. The van der Waals surface area contributed by atoms with Crippen molar-refractivity contribution in [2.24, 2.45) is 0 Å². The lowest BCUT2D eigenvalue weighted by atomic mass is 10.0. The molecule has 0 fully saturated rings. The fraction of sp³-hybridized carbons (Fsp3) is 0.125. The van der Waals surface area contributed by atoms with Crippen LogP contribution in [0.3, 0.4) is 0 Å². The number of carbonyl (C=O) groups is 2. The normalized spacial score (nSPS) is 10.8. The first-order chi connectivity index (χ1) is 15.9. The van der Waals surface area contributed by atoms with Gasteiger partial charge in [0, 0.05) is 52.0 Å². The molecule has 0 aliphatic heterocycles. The van der Waals surface area contributed by atoms with Gasteiger partial charge in [-0.15, -0.1) is 0 Å². The van der Waals surface area contributed by atoms with Gasteiger partial charge in [-0.1, -0.05) is 23.7 Å². The van der Waals surface area contributed by atoms with Gasteiger partial charge in [0.05, 0.1) is 0 Å². The summed E-state index contributed by atoms with van der Waals surface area (Å²) in [6.07, 6.45) is 1.49. The van der Waals surface area contributed by atoms with Gasteiger partial charge in [0.1, 0.15) is 5.69 Å². The number of rotatable bonds is 6. The van der Waals surface area contributed by atoms with Gasteiger partial charge in [-0.25, -0.2) is 9.59 Å². The SMILES string of the molecule is CCNC(=O)Nc1cccc(Cn2c(C(=O)O)c(-c3ccc[nH]c3=O)c3cc(Cl)ccc32)c1. The Balaban J connectivity index is 1.88. The Hall–Kier alpha value is -4.04. The van der Waals surface area contributed by atoms with Crippen LogP contribution in [0.5, 0.6) is 0 Å². The number of pyridine rings is 1. The molecule has 4 N–H and O–H groups in total. The standard InChI is InChI=1S/C24H21ClN4O4/c1-2-26-24(33)28-16-6-3-5-14(11-16)13-29-19-9-8-15(25)12-18(19)20(21(29)23(31)32)17-7-4-10-27-22(17)30/h3-12H,2,13H2,1H3,(H,27,30)(H,31,32)(H2,26,28,33). The molecule has 0 spiro atoms. The van der Waals surface area contributed by atoms with Crippen molar-refractivity contribution in [2.75, 3.05) is 11.9 Å². The molecule has 4 rings (SSSR count). The number of aromatic nitrogens is 2. The average Bonchev–Trinajstić information content (AvgIpc) is 3.07. The number of H-pyrrole nitrogens is 1. The number of nitrogens with one attached hydrogen (secondary N) is 3. The number of benzene rings is 2. The van der Waals surface area contributed by atoms with Crippen LogP contribution in [0.4, 0.5) is 10.5 Å². The molecule has 2 heterocycles. The average molecular weight is 465 g/mol. The number of hydrogen-bond acceptors (Lipinski definition) is 3. The van der Waals surface area contributed by atoms with E-state index in [2.05, 4.69) is 15.6 Å². The van der Waals surface area contributed by atoms with Crippen LogP contribution in [-0.4, -0.2) is 33.2 Å². The molecule has 8 nitrogen and oxygen atoms in total. The van der Waals surface area contributed by atoms with E-state index >= 15 is 0 Å². The number of nitrogens with zero attached hydrogens (tertiary/aromatic N) is 1. The molecular formula is C24H21ClN4O4. The summed E-state index contributed by atoms with van der Waals surface area (Å²) in [7, 11) is 0. The molecule has 168 valence electrons. The summed E-state index contributed by atoms with van der Waals surface area (Å²) in [6, 6.07) is 15.1. The Morgan fingerprint density at radius 3 is 2.67 bits per heavy atom. The Labute approximate surface area is 193 Å². The van der Waals surface area contributed by atoms with E-state index in [9.17, 15) is 19.5 Å². The van der Waals surface area contributed by atoms with Crippen molar-refractivity contribution in [3.8, 4) is 11.1 Å². The van der Waals surface area contributed by atoms with Crippen molar-refractivity contribution >= 4 is 40.2 Å². The highest BCUT2D eigenvalue weighted by atomic mass is 35.5. The van der Waals surface area contributed by atoms with Crippen molar-refractivity contribution in [1.82, 2.24) is 14.9 Å². The highest BCUT2D eigenvalue weighted by Gasteiger charge is 2.25. The van der Waals surface area contributed by atoms with Gasteiger partial charge >= 0.3 is 12.0 Å². The quantitative estimate of drug-likeness (QED) is 0.335. The lowest BCUT2D eigenvalue weighted by Crippen LogP contribution is -2.28. The third-order valence-electron chi connectivity index (χ3n) is 5.18. The maximum atomic E-state index is 12.6. The molecule has 33 heavy (non-hydrogen) atoms. The largest absolute Gasteiger partial charge is 0.477 e. The molecule has 2 aromatic carbocycles. The summed E-state index contributed by atoms with van der Waals surface area (Å²) in [5.74, 6) is -1.17. The monoisotopic (exact) mass is 464 g/mol. The first-order valence-electron chi connectivity index (χ1n) is 10.3. The number of hydrogen-bond donors (Lipinski definition) is 4. The fourth-order valence-electron chi connectivity index (χ4n) is 3.87. The number of urea groups is 1. The van der Waals surface area contributed by atoms with E-state index in [0.717, 1.165) is 5.56 Å². The number of carboxylic acids is 1. The van der Waals surface area contributed by atoms with Gasteiger partial charge in [0.2, 0.25) is 0 Å². The van der Waals surface area contributed by atoms with Gasteiger partial charge in [-0.2, -0.15) is 0 Å². The first kappa shape index (κ1) is 22.2. The van der Waals surface area contributed by atoms with Crippen LogP contribution in [0.2, 0.25) is 5.02 Å². The second kappa shape index (κ2) is 9.22. The van der Waals surface area contributed by atoms with Crippen LogP contribution >= 0.6 is 11.6 Å². The summed E-state index contributed by atoms with van der Waals surface area (Å²) in [5, 5.41) is 16.6. The summed E-state index contributed by atoms with van der Waals surface area (Å²) < 4.78 is 1.64. The van der Waals surface area contributed by atoms with Crippen LogP contribution in [0.15, 0.2) is 65.6 Å². The van der Waals surface area contributed by atoms with E-state index in [0.29, 0.717) is 33.7 Å². The molecule has 9 heteroatoms. The Morgan fingerprint density at radius 1 is 1.12 bits per heavy atom. The Bertz CT molecular complexity index is 1420. The Kier molecular flexibility index (Phi) is 6.19. The minimum atomic E-state index is -1.17. The second-order valence-corrected chi connectivity index (χ2v) is 7.81. The molecule has 2 amide bonds. The molecule has 0 saturated heterocycles. The third kappa shape index (κ3) is 4.47. The maximum Gasteiger partial charge on any atom is 0.353 e. The molecule has 0 unspecified atom stereocenters. The molecule has 4 aromatic rings. The van der Waals surface area contributed by atoms with E-state index in [1.54, 1.807) is 53.1 Å². The minimum Gasteiger partial charge on any atom is -0.477 e. The number of halogens is 1. The summed E-state index contributed by atoms with van der Waals surface area (Å²) in [6.45, 7) is 2.52. The zero-order valence-corrected chi connectivity index (χ0v) is 18.4. The molecular weight excluding hydrogens is 444 g/mol. The molecule has 0 saturated carbocycles. The van der Waals surface area contributed by atoms with Crippen molar-refractivity contribution in [2.45, 2.75) is 13.5 Å². The van der Waals surface area contributed by atoms with Gasteiger partial charge in [0.15, 0.2) is 0 Å². The zero-order chi connectivity index (χ0) is 23.5. The van der Waals surface area contributed by atoms with Crippen molar-refractivity contribution in [3.05, 3.63) is 87.4 Å². The van der Waals surface area contributed by atoms with Crippen LogP contribution in [0.25, 0.3) is 22.0 Å². The number of aromatic amines is 1. The molecule has 0 atom stereocenters. The van der Waals surface area contributed by atoms with Gasteiger partial charge < -0.3 is 25.3 Å². The highest BCUT2D eigenvalue weighted by molar-refractivity contribution is 6.31. The van der Waals surface area contributed by atoms with Gasteiger partial charge in [-0.3, -0.25) is 4.79 Å². The second-order valence-electron chi connectivity index (χ2n) is 7.37.